The number of aromatic amines is 1. The summed E-state index contributed by atoms with van der Waals surface area (Å²) in [5, 5.41) is 18.3. The van der Waals surface area contributed by atoms with Crippen LogP contribution in [0.1, 0.15) is 35.7 Å². The van der Waals surface area contributed by atoms with Gasteiger partial charge in [-0.3, -0.25) is 10.0 Å². The van der Waals surface area contributed by atoms with Crippen LogP contribution in [0.25, 0.3) is 17.0 Å². The van der Waals surface area contributed by atoms with Crippen molar-refractivity contribution in [2.24, 2.45) is 5.92 Å². The van der Waals surface area contributed by atoms with Crippen LogP contribution in [0.15, 0.2) is 48.5 Å². The first-order chi connectivity index (χ1) is 14.4. The average molecular weight is 407 g/mol. The van der Waals surface area contributed by atoms with E-state index < -0.39 is 11.7 Å². The van der Waals surface area contributed by atoms with Gasteiger partial charge in [0.05, 0.1) is 0 Å². The van der Waals surface area contributed by atoms with Crippen molar-refractivity contribution in [1.29, 1.82) is 5.41 Å². The molecule has 0 aliphatic carbocycles. The summed E-state index contributed by atoms with van der Waals surface area (Å²) in [5.41, 5.74) is 6.37. The third kappa shape index (κ3) is 4.83. The second-order valence-corrected chi connectivity index (χ2v) is 7.45. The second kappa shape index (κ2) is 9.50. The Balaban J connectivity index is 1.74. The zero-order valence-corrected chi connectivity index (χ0v) is 17.1. The summed E-state index contributed by atoms with van der Waals surface area (Å²) in [5.74, 6) is -1.07. The van der Waals surface area contributed by atoms with E-state index in [1.165, 1.54) is 28.6 Å². The first kappa shape index (κ1) is 21.5. The molecule has 6 heteroatoms. The number of para-hydroxylation sites is 1. The van der Waals surface area contributed by atoms with Crippen molar-refractivity contribution in [1.82, 2.24) is 10.5 Å². The summed E-state index contributed by atoms with van der Waals surface area (Å²) in [6.45, 7) is 4.11. The highest BCUT2D eigenvalue weighted by Gasteiger charge is 2.19. The van der Waals surface area contributed by atoms with Crippen molar-refractivity contribution in [2.75, 3.05) is 0 Å². The smallest absolute Gasteiger partial charge is 0.267 e. The number of carbonyl (C=O) groups is 1. The Morgan fingerprint density at radius 2 is 2.07 bits per heavy atom. The van der Waals surface area contributed by atoms with Gasteiger partial charge in [0.1, 0.15) is 5.82 Å². The third-order valence-electron chi connectivity index (χ3n) is 5.46. The monoisotopic (exact) mass is 407 g/mol. The maximum Gasteiger partial charge on any atom is 0.267 e. The lowest BCUT2D eigenvalue weighted by Gasteiger charge is -2.17. The minimum Gasteiger partial charge on any atom is -0.358 e. The molecule has 1 amide bonds. The van der Waals surface area contributed by atoms with Crippen LogP contribution in [0.4, 0.5) is 4.39 Å². The summed E-state index contributed by atoms with van der Waals surface area (Å²) in [6.07, 6.45) is 4.32. The Hall–Kier alpha value is -3.25. The van der Waals surface area contributed by atoms with Crippen molar-refractivity contribution in [3.63, 3.8) is 0 Å². The second-order valence-electron chi connectivity index (χ2n) is 7.45. The fourth-order valence-electron chi connectivity index (χ4n) is 3.73. The van der Waals surface area contributed by atoms with Gasteiger partial charge < -0.3 is 10.4 Å². The highest BCUT2D eigenvalue weighted by Crippen LogP contribution is 2.27. The van der Waals surface area contributed by atoms with Gasteiger partial charge in [-0.25, -0.2) is 9.87 Å². The number of fused-ring (bicyclic) bond motifs is 1. The molecule has 3 rings (SSSR count). The molecule has 0 fully saturated rings. The molecule has 4 N–H and O–H groups in total. The van der Waals surface area contributed by atoms with Crippen molar-refractivity contribution >= 4 is 28.6 Å². The largest absolute Gasteiger partial charge is 0.358 e. The fraction of sp³-hybridized carbons (Fsp3) is 0.250. The number of carbonyl (C=O) groups excluding carboxylic acids is 1. The van der Waals surface area contributed by atoms with Crippen LogP contribution in [0, 0.1) is 24.1 Å². The maximum atomic E-state index is 14.5. The van der Waals surface area contributed by atoms with Crippen LogP contribution in [0.5, 0.6) is 0 Å². The number of aromatic nitrogens is 1. The number of H-pyrrole nitrogens is 1. The van der Waals surface area contributed by atoms with Crippen LogP contribution >= 0.6 is 0 Å². The van der Waals surface area contributed by atoms with E-state index in [1.54, 1.807) is 12.1 Å². The van der Waals surface area contributed by atoms with Gasteiger partial charge >= 0.3 is 0 Å². The molecule has 1 heterocycles. The van der Waals surface area contributed by atoms with Crippen LogP contribution in [0.2, 0.25) is 0 Å². The average Bonchev–Trinajstić information content (AvgIpc) is 3.06. The number of halogens is 1. The number of aryl methyl sites for hydroxylation is 1. The molecular weight excluding hydrogens is 381 g/mol. The molecule has 0 spiro atoms. The van der Waals surface area contributed by atoms with Crippen molar-refractivity contribution in [3.05, 3.63) is 76.7 Å². The highest BCUT2D eigenvalue weighted by atomic mass is 19.1. The zero-order chi connectivity index (χ0) is 21.7. The van der Waals surface area contributed by atoms with Crippen LogP contribution in [-0.4, -0.2) is 21.8 Å². The van der Waals surface area contributed by atoms with Crippen molar-refractivity contribution < 1.29 is 14.4 Å². The number of hydroxylamine groups is 1. The number of amides is 1. The number of benzene rings is 2. The van der Waals surface area contributed by atoms with Crippen LogP contribution in [0.3, 0.4) is 0 Å². The van der Waals surface area contributed by atoms with E-state index in [1.807, 2.05) is 18.2 Å². The summed E-state index contributed by atoms with van der Waals surface area (Å²) >= 11 is 0. The quantitative estimate of drug-likeness (QED) is 0.184. The molecule has 0 saturated carbocycles. The molecule has 1 atom stereocenters. The molecule has 0 bridgehead atoms. The van der Waals surface area contributed by atoms with Gasteiger partial charge in [0.2, 0.25) is 0 Å². The Kier molecular flexibility index (Phi) is 6.79. The van der Waals surface area contributed by atoms with E-state index in [0.717, 1.165) is 30.1 Å². The summed E-state index contributed by atoms with van der Waals surface area (Å²) in [6, 6.07) is 12.8. The van der Waals surface area contributed by atoms with E-state index in [0.29, 0.717) is 16.8 Å². The number of rotatable bonds is 8. The molecule has 0 aliphatic heterocycles. The normalized spacial score (nSPS) is 12.4. The van der Waals surface area contributed by atoms with E-state index in [-0.39, 0.29) is 12.3 Å². The predicted molar refractivity (Wildman–Crippen MR) is 117 cm³/mol. The first-order valence-corrected chi connectivity index (χ1v) is 9.97. The topological polar surface area (TPSA) is 89.0 Å². The molecular formula is C24H26FN3O2. The summed E-state index contributed by atoms with van der Waals surface area (Å²) in [7, 11) is 0. The van der Waals surface area contributed by atoms with Gasteiger partial charge in [0.15, 0.2) is 0 Å². The molecule has 30 heavy (non-hydrogen) atoms. The lowest BCUT2D eigenvalue weighted by Crippen LogP contribution is -2.19. The molecule has 156 valence electrons. The SMILES string of the molecule is CC[C@H](Cc1c(C)[nH]c2ccccc12)C(=N)Cc1ccc(/C=C/C(=O)NO)cc1F. The van der Waals surface area contributed by atoms with Crippen LogP contribution in [-0.2, 0) is 17.6 Å². The molecule has 2 aromatic carbocycles. The Morgan fingerprint density at radius 3 is 2.77 bits per heavy atom. The van der Waals surface area contributed by atoms with Gasteiger partial charge in [-0.05, 0) is 54.7 Å². The standard InChI is InChI=1S/C24H26FN3O2/c1-3-17(13-20-15(2)27-23-7-5-4-6-19(20)23)22(26)14-18-10-8-16(12-21(18)25)9-11-24(29)28-30/h4-12,17,26-27,30H,3,13-14H2,1-2H3,(H,28,29)/b11-9+,26-22?/t17-/m1/s1. The van der Waals surface area contributed by atoms with E-state index in [2.05, 4.69) is 24.9 Å². The fourth-order valence-corrected chi connectivity index (χ4v) is 3.73. The lowest BCUT2D eigenvalue weighted by atomic mass is 9.88. The highest BCUT2D eigenvalue weighted by molar-refractivity contribution is 5.91. The first-order valence-electron chi connectivity index (χ1n) is 9.97. The Labute approximate surface area is 175 Å². The predicted octanol–water partition coefficient (Wildman–Crippen LogP) is 4.97. The number of hydrogen-bond acceptors (Lipinski definition) is 3. The Morgan fingerprint density at radius 1 is 1.30 bits per heavy atom. The molecule has 0 unspecified atom stereocenters. The summed E-state index contributed by atoms with van der Waals surface area (Å²) < 4.78 is 14.5. The summed E-state index contributed by atoms with van der Waals surface area (Å²) in [4.78, 5) is 14.5. The van der Waals surface area contributed by atoms with Gasteiger partial charge in [0.25, 0.3) is 5.91 Å². The third-order valence-corrected chi connectivity index (χ3v) is 5.46. The number of nitrogens with one attached hydrogen (secondary N) is 3. The molecule has 1 aromatic heterocycles. The van der Waals surface area contributed by atoms with Gasteiger partial charge in [0, 0.05) is 40.7 Å². The number of hydrogen-bond donors (Lipinski definition) is 4. The van der Waals surface area contributed by atoms with Gasteiger partial charge in [-0.15, -0.1) is 0 Å². The Bertz CT molecular complexity index is 1100. The molecule has 5 nitrogen and oxygen atoms in total. The zero-order valence-electron chi connectivity index (χ0n) is 17.1. The molecule has 0 radical (unpaired) electrons. The van der Waals surface area contributed by atoms with Crippen molar-refractivity contribution in [3.8, 4) is 0 Å². The molecule has 3 aromatic rings. The van der Waals surface area contributed by atoms with Crippen molar-refractivity contribution in [2.45, 2.75) is 33.1 Å². The van der Waals surface area contributed by atoms with Gasteiger partial charge in [-0.1, -0.05) is 37.3 Å². The van der Waals surface area contributed by atoms with E-state index >= 15 is 0 Å². The van der Waals surface area contributed by atoms with E-state index in [4.69, 9.17) is 10.6 Å². The molecule has 0 saturated heterocycles. The maximum absolute atomic E-state index is 14.5. The van der Waals surface area contributed by atoms with Crippen LogP contribution < -0.4 is 5.48 Å². The minimum absolute atomic E-state index is 0.0233. The van der Waals surface area contributed by atoms with Gasteiger partial charge in [-0.2, -0.15) is 0 Å². The molecule has 0 aliphatic rings. The van der Waals surface area contributed by atoms with E-state index in [9.17, 15) is 9.18 Å². The lowest BCUT2D eigenvalue weighted by molar-refractivity contribution is -0.124. The minimum atomic E-state index is -0.681.